The van der Waals surface area contributed by atoms with Crippen LogP contribution in [0.2, 0.25) is 0 Å². The van der Waals surface area contributed by atoms with Crippen molar-refractivity contribution in [3.05, 3.63) is 59.7 Å². The average Bonchev–Trinajstić information content (AvgIpc) is 3.09. The molecule has 4 rings (SSSR count). The number of para-hydroxylation sites is 2. The number of esters is 1. The lowest BCUT2D eigenvalue weighted by Gasteiger charge is -2.26. The first-order valence-corrected chi connectivity index (χ1v) is 12.9. The molecule has 2 atom stereocenters. The Bertz CT molecular complexity index is 1230. The van der Waals surface area contributed by atoms with Crippen LogP contribution in [0.5, 0.6) is 5.75 Å². The monoisotopic (exact) mass is 573 g/mol. The van der Waals surface area contributed by atoms with Crippen molar-refractivity contribution in [3.8, 4) is 5.75 Å². The third-order valence-corrected chi connectivity index (χ3v) is 6.65. The first-order valence-electron chi connectivity index (χ1n) is 12.9. The van der Waals surface area contributed by atoms with Crippen LogP contribution >= 0.6 is 12.4 Å². The molecule has 2 aliphatic heterocycles. The number of carboxylic acids is 1. The number of aliphatic carboxylic acids is 1. The molecule has 214 valence electrons. The fourth-order valence-corrected chi connectivity index (χ4v) is 4.76. The number of rotatable bonds is 12. The van der Waals surface area contributed by atoms with Crippen molar-refractivity contribution >= 4 is 47.8 Å². The van der Waals surface area contributed by atoms with Gasteiger partial charge in [0.1, 0.15) is 31.0 Å². The van der Waals surface area contributed by atoms with E-state index in [1.807, 2.05) is 0 Å². The summed E-state index contributed by atoms with van der Waals surface area (Å²) >= 11 is 0. The Morgan fingerprint density at radius 1 is 1.00 bits per heavy atom. The standard InChI is InChI=1S/C28H31N3O8.ClH/c1-2-38-28(37)20(12-4-3-9-15-30-25(34)18-10-5-6-11-19(18)26(30)35)29-21-17-39-23-14-8-7-13-22(23)31(27(21)36)16-24(32)33;/h5-8,10-11,13-14,20-21,29H,2-4,9,12,15-17H2,1H3,(H,32,33);1H/t20-,21?;/m0./s1. The summed E-state index contributed by atoms with van der Waals surface area (Å²) in [5.41, 5.74) is 1.15. The number of anilines is 1. The van der Waals surface area contributed by atoms with Gasteiger partial charge >= 0.3 is 11.9 Å². The van der Waals surface area contributed by atoms with Crippen LogP contribution in [0.15, 0.2) is 48.5 Å². The molecule has 2 aliphatic rings. The first-order chi connectivity index (χ1) is 18.8. The molecule has 0 spiro atoms. The van der Waals surface area contributed by atoms with Gasteiger partial charge in [0, 0.05) is 6.54 Å². The molecular weight excluding hydrogens is 542 g/mol. The third-order valence-electron chi connectivity index (χ3n) is 6.65. The maximum absolute atomic E-state index is 13.3. The van der Waals surface area contributed by atoms with E-state index in [9.17, 15) is 29.1 Å². The topological polar surface area (TPSA) is 143 Å². The van der Waals surface area contributed by atoms with E-state index in [0.717, 1.165) is 4.90 Å². The Balaban J connectivity index is 0.00000441. The van der Waals surface area contributed by atoms with Crippen LogP contribution in [0.4, 0.5) is 5.69 Å². The number of hydrogen-bond donors (Lipinski definition) is 2. The maximum Gasteiger partial charge on any atom is 0.323 e. The zero-order valence-electron chi connectivity index (χ0n) is 22.0. The normalized spacial score (nSPS) is 16.8. The lowest BCUT2D eigenvalue weighted by Crippen LogP contribution is -2.54. The van der Waals surface area contributed by atoms with Gasteiger partial charge in [-0.2, -0.15) is 0 Å². The Kier molecular flexibility index (Phi) is 10.6. The van der Waals surface area contributed by atoms with Crippen molar-refractivity contribution in [2.45, 2.75) is 44.7 Å². The van der Waals surface area contributed by atoms with Crippen molar-refractivity contribution in [1.29, 1.82) is 0 Å². The molecular formula is C28H32ClN3O8. The summed E-state index contributed by atoms with van der Waals surface area (Å²) in [5.74, 6) is -2.48. The van der Waals surface area contributed by atoms with Gasteiger partial charge in [0.15, 0.2) is 0 Å². The van der Waals surface area contributed by atoms with Gasteiger partial charge in [0.25, 0.3) is 11.8 Å². The minimum absolute atomic E-state index is 0. The van der Waals surface area contributed by atoms with E-state index in [-0.39, 0.29) is 44.0 Å². The van der Waals surface area contributed by atoms with Gasteiger partial charge in [-0.3, -0.25) is 39.1 Å². The van der Waals surface area contributed by atoms with Gasteiger partial charge in [-0.25, -0.2) is 0 Å². The highest BCUT2D eigenvalue weighted by molar-refractivity contribution is 6.21. The Labute approximate surface area is 237 Å². The highest BCUT2D eigenvalue weighted by Crippen LogP contribution is 2.31. The number of carboxylic acid groups (broad SMARTS) is 1. The van der Waals surface area contributed by atoms with Crippen molar-refractivity contribution in [1.82, 2.24) is 10.2 Å². The van der Waals surface area contributed by atoms with Crippen molar-refractivity contribution < 1.29 is 38.6 Å². The zero-order chi connectivity index (χ0) is 27.9. The fourth-order valence-electron chi connectivity index (χ4n) is 4.76. The molecule has 11 nitrogen and oxygen atoms in total. The molecule has 0 aromatic heterocycles. The van der Waals surface area contributed by atoms with Gasteiger partial charge in [-0.05, 0) is 44.0 Å². The fraction of sp³-hybridized carbons (Fsp3) is 0.393. The number of carbonyl (C=O) groups is 5. The van der Waals surface area contributed by atoms with Gasteiger partial charge in [-0.1, -0.05) is 37.1 Å². The van der Waals surface area contributed by atoms with E-state index >= 15 is 0 Å². The summed E-state index contributed by atoms with van der Waals surface area (Å²) in [6.07, 6.45) is 2.06. The molecule has 0 radical (unpaired) electrons. The quantitative estimate of drug-likeness (QED) is 0.222. The van der Waals surface area contributed by atoms with E-state index in [4.69, 9.17) is 9.47 Å². The number of carbonyl (C=O) groups excluding carboxylic acids is 4. The molecule has 2 heterocycles. The molecule has 0 fully saturated rings. The van der Waals surface area contributed by atoms with Crippen LogP contribution in [-0.4, -0.2) is 78.1 Å². The molecule has 2 N–H and O–H groups in total. The minimum Gasteiger partial charge on any atom is -0.489 e. The number of nitrogens with zero attached hydrogens (tertiary/aromatic N) is 2. The predicted octanol–water partition coefficient (Wildman–Crippen LogP) is 2.66. The summed E-state index contributed by atoms with van der Waals surface area (Å²) < 4.78 is 11.0. The second-order valence-corrected chi connectivity index (χ2v) is 9.28. The lowest BCUT2D eigenvalue weighted by molar-refractivity contribution is -0.146. The van der Waals surface area contributed by atoms with E-state index in [2.05, 4.69) is 5.32 Å². The summed E-state index contributed by atoms with van der Waals surface area (Å²) in [4.78, 5) is 65.0. The molecule has 0 aliphatic carbocycles. The van der Waals surface area contributed by atoms with Crippen LogP contribution in [0.25, 0.3) is 0 Å². The van der Waals surface area contributed by atoms with E-state index in [0.29, 0.717) is 48.2 Å². The molecule has 2 aromatic rings. The van der Waals surface area contributed by atoms with Crippen molar-refractivity contribution in [2.75, 3.05) is 31.2 Å². The Morgan fingerprint density at radius 2 is 1.65 bits per heavy atom. The number of ether oxygens (including phenoxy) is 2. The number of hydrogen-bond acceptors (Lipinski definition) is 8. The van der Waals surface area contributed by atoms with Crippen LogP contribution in [0, 0.1) is 0 Å². The van der Waals surface area contributed by atoms with Gasteiger partial charge < -0.3 is 14.6 Å². The second kappa shape index (κ2) is 13.9. The van der Waals surface area contributed by atoms with Crippen molar-refractivity contribution in [2.24, 2.45) is 0 Å². The summed E-state index contributed by atoms with van der Waals surface area (Å²) in [6.45, 7) is 1.45. The van der Waals surface area contributed by atoms with Crippen molar-refractivity contribution in [3.63, 3.8) is 0 Å². The maximum atomic E-state index is 13.3. The van der Waals surface area contributed by atoms with Gasteiger partial charge in [0.05, 0.1) is 23.4 Å². The summed E-state index contributed by atoms with van der Waals surface area (Å²) in [5, 5.41) is 12.4. The van der Waals surface area contributed by atoms with Crippen LogP contribution in [0.1, 0.15) is 53.3 Å². The number of unbranched alkanes of at least 4 members (excludes halogenated alkanes) is 2. The number of imide groups is 1. The highest BCUT2D eigenvalue weighted by Gasteiger charge is 2.36. The number of nitrogens with one attached hydrogen (secondary N) is 1. The largest absolute Gasteiger partial charge is 0.489 e. The highest BCUT2D eigenvalue weighted by atomic mass is 35.5. The summed E-state index contributed by atoms with van der Waals surface area (Å²) in [6, 6.07) is 11.6. The van der Waals surface area contributed by atoms with Gasteiger partial charge in [0.2, 0.25) is 5.91 Å². The molecule has 3 amide bonds. The van der Waals surface area contributed by atoms with Crippen LogP contribution in [-0.2, 0) is 19.1 Å². The van der Waals surface area contributed by atoms with Crippen LogP contribution < -0.4 is 15.0 Å². The molecule has 40 heavy (non-hydrogen) atoms. The molecule has 0 saturated heterocycles. The molecule has 1 unspecified atom stereocenters. The molecule has 0 bridgehead atoms. The Morgan fingerprint density at radius 3 is 2.30 bits per heavy atom. The van der Waals surface area contributed by atoms with E-state index < -0.39 is 36.5 Å². The average molecular weight is 574 g/mol. The SMILES string of the molecule is CCOC(=O)[C@H](CCCCCN1C(=O)c2ccccc2C1=O)NC1COc2ccccc2N(CC(=O)O)C1=O.Cl. The number of halogens is 1. The Hall–Kier alpha value is -3.96. The number of amides is 3. The first kappa shape index (κ1) is 30.6. The van der Waals surface area contributed by atoms with Gasteiger partial charge in [-0.15, -0.1) is 12.4 Å². The third kappa shape index (κ3) is 6.78. The lowest BCUT2D eigenvalue weighted by atomic mass is 10.1. The number of benzene rings is 2. The smallest absolute Gasteiger partial charge is 0.323 e. The predicted molar refractivity (Wildman–Crippen MR) is 147 cm³/mol. The second-order valence-electron chi connectivity index (χ2n) is 9.28. The molecule has 2 aromatic carbocycles. The minimum atomic E-state index is -1.18. The van der Waals surface area contributed by atoms with E-state index in [1.165, 1.54) is 4.90 Å². The molecule has 0 saturated carbocycles. The summed E-state index contributed by atoms with van der Waals surface area (Å²) in [7, 11) is 0. The van der Waals surface area contributed by atoms with Crippen LogP contribution in [0.3, 0.4) is 0 Å². The molecule has 12 heteroatoms. The van der Waals surface area contributed by atoms with E-state index in [1.54, 1.807) is 55.5 Å². The number of fused-ring (bicyclic) bond motifs is 2. The zero-order valence-corrected chi connectivity index (χ0v) is 22.9.